The Kier molecular flexibility index (Phi) is 6.11. The van der Waals surface area contributed by atoms with Gasteiger partial charge < -0.3 is 5.32 Å². The number of thioether (sulfide) groups is 1. The summed E-state index contributed by atoms with van der Waals surface area (Å²) in [4.78, 5) is 38.6. The van der Waals surface area contributed by atoms with Gasteiger partial charge in [-0.1, -0.05) is 48.5 Å². The van der Waals surface area contributed by atoms with Crippen LogP contribution in [0.1, 0.15) is 18.1 Å². The predicted octanol–water partition coefficient (Wildman–Crippen LogP) is 3.84. The zero-order valence-corrected chi connectivity index (χ0v) is 16.3. The van der Waals surface area contributed by atoms with E-state index in [1.54, 1.807) is 24.3 Å². The lowest BCUT2D eigenvalue weighted by Crippen LogP contribution is -2.31. The molecule has 2 aromatic carbocycles. The second-order valence-electron chi connectivity index (χ2n) is 6.25. The Morgan fingerprint density at radius 2 is 1.75 bits per heavy atom. The van der Waals surface area contributed by atoms with Gasteiger partial charge in [0.25, 0.3) is 11.8 Å². The summed E-state index contributed by atoms with van der Waals surface area (Å²) in [7, 11) is 0. The standard InChI is InChI=1S/C22H20N2O3S/c1-3-13-24-21(26)19(17-9-11-18(12-10-17)23-15(2)25)20(22(24)27)28-14-16-7-5-4-6-8-16/h3-12H,1,13-14H2,2H3,(H,23,25). The van der Waals surface area contributed by atoms with Crippen LogP contribution in [0.5, 0.6) is 0 Å². The van der Waals surface area contributed by atoms with Crippen molar-refractivity contribution in [1.29, 1.82) is 0 Å². The van der Waals surface area contributed by atoms with Gasteiger partial charge in [-0.25, -0.2) is 0 Å². The van der Waals surface area contributed by atoms with Crippen molar-refractivity contribution in [2.24, 2.45) is 0 Å². The summed E-state index contributed by atoms with van der Waals surface area (Å²) < 4.78 is 0. The van der Waals surface area contributed by atoms with Crippen molar-refractivity contribution in [1.82, 2.24) is 4.90 Å². The summed E-state index contributed by atoms with van der Waals surface area (Å²) in [5.74, 6) is -0.209. The van der Waals surface area contributed by atoms with Crippen LogP contribution in [0.4, 0.5) is 5.69 Å². The van der Waals surface area contributed by atoms with Crippen molar-refractivity contribution in [2.75, 3.05) is 11.9 Å². The molecule has 1 heterocycles. The monoisotopic (exact) mass is 392 g/mol. The first kappa shape index (κ1) is 19.6. The van der Waals surface area contributed by atoms with Crippen LogP contribution in [0.25, 0.3) is 5.57 Å². The van der Waals surface area contributed by atoms with Crippen molar-refractivity contribution in [3.63, 3.8) is 0 Å². The minimum atomic E-state index is -0.326. The van der Waals surface area contributed by atoms with E-state index in [0.717, 1.165) is 5.56 Å². The van der Waals surface area contributed by atoms with Crippen molar-refractivity contribution >= 4 is 40.7 Å². The molecule has 0 atom stereocenters. The molecule has 0 bridgehead atoms. The van der Waals surface area contributed by atoms with Crippen LogP contribution in [0.3, 0.4) is 0 Å². The fraction of sp³-hybridized carbons (Fsp3) is 0.136. The molecule has 3 amide bonds. The molecule has 1 aliphatic rings. The van der Waals surface area contributed by atoms with Crippen LogP contribution < -0.4 is 5.32 Å². The Balaban J connectivity index is 1.94. The second-order valence-corrected chi connectivity index (χ2v) is 7.23. The molecule has 0 fully saturated rings. The first-order valence-electron chi connectivity index (χ1n) is 8.77. The lowest BCUT2D eigenvalue weighted by atomic mass is 10.1. The molecule has 6 heteroatoms. The molecule has 142 valence electrons. The van der Waals surface area contributed by atoms with Gasteiger partial charge in [0.05, 0.1) is 10.5 Å². The second kappa shape index (κ2) is 8.71. The Labute approximate surface area is 168 Å². The summed E-state index contributed by atoms with van der Waals surface area (Å²) in [6, 6.07) is 16.7. The number of benzene rings is 2. The van der Waals surface area contributed by atoms with Crippen LogP contribution in [0.15, 0.2) is 72.2 Å². The first-order valence-corrected chi connectivity index (χ1v) is 9.76. The van der Waals surface area contributed by atoms with Gasteiger partial charge in [-0.05, 0) is 23.3 Å². The molecule has 0 aliphatic carbocycles. The summed E-state index contributed by atoms with van der Waals surface area (Å²) >= 11 is 1.36. The molecule has 0 saturated heterocycles. The Hall–Kier alpha value is -3.12. The summed E-state index contributed by atoms with van der Waals surface area (Å²) in [5.41, 5.74) is 2.74. The maximum absolute atomic E-state index is 12.9. The van der Waals surface area contributed by atoms with E-state index in [1.807, 2.05) is 30.3 Å². The average molecular weight is 392 g/mol. The van der Waals surface area contributed by atoms with E-state index in [9.17, 15) is 14.4 Å². The molecule has 5 nitrogen and oxygen atoms in total. The van der Waals surface area contributed by atoms with Crippen molar-refractivity contribution in [2.45, 2.75) is 12.7 Å². The summed E-state index contributed by atoms with van der Waals surface area (Å²) in [5, 5.41) is 2.69. The number of hydrogen-bond acceptors (Lipinski definition) is 4. The van der Waals surface area contributed by atoms with Gasteiger partial charge in [-0.15, -0.1) is 18.3 Å². The van der Waals surface area contributed by atoms with Crippen molar-refractivity contribution in [3.05, 3.63) is 83.3 Å². The zero-order chi connectivity index (χ0) is 20.1. The first-order chi connectivity index (χ1) is 13.5. The quantitative estimate of drug-likeness (QED) is 0.574. The third kappa shape index (κ3) is 4.23. The highest BCUT2D eigenvalue weighted by atomic mass is 32.2. The normalized spacial score (nSPS) is 13.8. The van der Waals surface area contributed by atoms with E-state index < -0.39 is 0 Å². The molecule has 28 heavy (non-hydrogen) atoms. The van der Waals surface area contributed by atoms with Crippen LogP contribution in [-0.2, 0) is 20.1 Å². The fourth-order valence-corrected chi connectivity index (χ4v) is 3.98. The number of carbonyl (C=O) groups is 3. The van der Waals surface area contributed by atoms with E-state index in [4.69, 9.17) is 0 Å². The molecule has 0 radical (unpaired) electrons. The molecular formula is C22H20N2O3S. The number of amides is 3. The smallest absolute Gasteiger partial charge is 0.268 e. The number of imide groups is 1. The molecule has 1 aliphatic heterocycles. The highest BCUT2D eigenvalue weighted by molar-refractivity contribution is 8.03. The fourth-order valence-electron chi connectivity index (χ4n) is 2.89. The summed E-state index contributed by atoms with van der Waals surface area (Å²) in [6.45, 7) is 5.24. The molecule has 0 unspecified atom stereocenters. The minimum Gasteiger partial charge on any atom is -0.326 e. The third-order valence-electron chi connectivity index (χ3n) is 4.16. The maximum atomic E-state index is 12.9. The molecule has 0 spiro atoms. The van der Waals surface area contributed by atoms with Crippen LogP contribution in [0.2, 0.25) is 0 Å². The SMILES string of the molecule is C=CCN1C(=O)C(SCc2ccccc2)=C(c2ccc(NC(C)=O)cc2)C1=O. The Morgan fingerprint density at radius 3 is 2.36 bits per heavy atom. The van der Waals surface area contributed by atoms with Gasteiger partial charge in [0.2, 0.25) is 5.91 Å². The average Bonchev–Trinajstić information content (AvgIpc) is 2.92. The molecule has 0 aromatic heterocycles. The molecule has 1 N–H and O–H groups in total. The lowest BCUT2D eigenvalue weighted by molar-refractivity contribution is -0.135. The number of nitrogens with one attached hydrogen (secondary N) is 1. The van der Waals surface area contributed by atoms with Crippen LogP contribution in [0, 0.1) is 0 Å². The van der Waals surface area contributed by atoms with Gasteiger partial charge >= 0.3 is 0 Å². The van der Waals surface area contributed by atoms with E-state index in [1.165, 1.54) is 29.7 Å². The minimum absolute atomic E-state index is 0.167. The lowest BCUT2D eigenvalue weighted by Gasteiger charge is -2.12. The largest absolute Gasteiger partial charge is 0.326 e. The van der Waals surface area contributed by atoms with Gasteiger partial charge in [-0.2, -0.15) is 0 Å². The Morgan fingerprint density at radius 1 is 1.07 bits per heavy atom. The number of hydrogen-bond donors (Lipinski definition) is 1. The topological polar surface area (TPSA) is 66.5 Å². The van der Waals surface area contributed by atoms with Crippen LogP contribution >= 0.6 is 11.8 Å². The maximum Gasteiger partial charge on any atom is 0.268 e. The van der Waals surface area contributed by atoms with Gasteiger partial charge in [0, 0.05) is 24.9 Å². The van der Waals surface area contributed by atoms with E-state index in [0.29, 0.717) is 27.5 Å². The third-order valence-corrected chi connectivity index (χ3v) is 5.30. The van der Waals surface area contributed by atoms with Crippen LogP contribution in [-0.4, -0.2) is 29.2 Å². The number of rotatable bonds is 7. The highest BCUT2D eigenvalue weighted by Crippen LogP contribution is 2.37. The van der Waals surface area contributed by atoms with Crippen molar-refractivity contribution < 1.29 is 14.4 Å². The highest BCUT2D eigenvalue weighted by Gasteiger charge is 2.38. The number of nitrogens with zero attached hydrogens (tertiary/aromatic N) is 1. The van der Waals surface area contributed by atoms with E-state index in [-0.39, 0.29) is 24.3 Å². The molecule has 2 aromatic rings. The van der Waals surface area contributed by atoms with Gasteiger partial charge in [-0.3, -0.25) is 19.3 Å². The predicted molar refractivity (Wildman–Crippen MR) is 112 cm³/mol. The summed E-state index contributed by atoms with van der Waals surface area (Å²) in [6.07, 6.45) is 1.54. The molecule has 3 rings (SSSR count). The molecule has 0 saturated carbocycles. The van der Waals surface area contributed by atoms with Gasteiger partial charge in [0.1, 0.15) is 0 Å². The zero-order valence-electron chi connectivity index (χ0n) is 15.5. The Bertz CT molecular complexity index is 950. The van der Waals surface area contributed by atoms with Crippen molar-refractivity contribution in [3.8, 4) is 0 Å². The van der Waals surface area contributed by atoms with Gasteiger partial charge in [0.15, 0.2) is 0 Å². The van der Waals surface area contributed by atoms with E-state index in [2.05, 4.69) is 11.9 Å². The van der Waals surface area contributed by atoms with E-state index >= 15 is 0 Å². The number of anilines is 1. The number of carbonyl (C=O) groups excluding carboxylic acids is 3. The molecular weight excluding hydrogens is 372 g/mol.